The van der Waals surface area contributed by atoms with Crippen molar-refractivity contribution in [2.24, 2.45) is 5.14 Å². The lowest BCUT2D eigenvalue weighted by molar-refractivity contribution is 0.237. The number of sulfonamides is 1. The van der Waals surface area contributed by atoms with E-state index >= 15 is 0 Å². The maximum atomic E-state index is 11.5. The molecular weight excluding hydrogens is 364 g/mol. The topological polar surface area (TPSA) is 91.5 Å². The van der Waals surface area contributed by atoms with Crippen LogP contribution in [-0.2, 0) is 15.8 Å². The van der Waals surface area contributed by atoms with Gasteiger partial charge in [-0.25, -0.2) is 13.6 Å². The zero-order valence-electron chi connectivity index (χ0n) is 14.6. The van der Waals surface area contributed by atoms with Crippen LogP contribution < -0.4 is 14.6 Å². The first-order valence-electron chi connectivity index (χ1n) is 8.34. The van der Waals surface area contributed by atoms with Crippen LogP contribution in [0.15, 0.2) is 60.8 Å². The van der Waals surface area contributed by atoms with Gasteiger partial charge in [-0.2, -0.15) is 0 Å². The first-order chi connectivity index (χ1) is 13.0. The van der Waals surface area contributed by atoms with E-state index in [9.17, 15) is 8.42 Å². The molecule has 0 spiro atoms. The van der Waals surface area contributed by atoms with Gasteiger partial charge in [0.05, 0.1) is 24.1 Å². The molecule has 1 aliphatic rings. The molecule has 0 saturated carbocycles. The Bertz CT molecular complexity index is 1100. The van der Waals surface area contributed by atoms with E-state index in [1.165, 1.54) is 0 Å². The number of hydrogen-bond donors (Lipinski definition) is 1. The Morgan fingerprint density at radius 3 is 2.70 bits per heavy atom. The molecule has 2 heterocycles. The summed E-state index contributed by atoms with van der Waals surface area (Å²) in [6.07, 6.45) is 1.24. The number of pyridine rings is 1. The van der Waals surface area contributed by atoms with Gasteiger partial charge in [0.15, 0.2) is 6.10 Å². The van der Waals surface area contributed by atoms with Gasteiger partial charge in [0, 0.05) is 11.8 Å². The van der Waals surface area contributed by atoms with Crippen LogP contribution in [0.1, 0.15) is 22.9 Å². The Labute approximate surface area is 157 Å². The molecule has 27 heavy (non-hydrogen) atoms. The van der Waals surface area contributed by atoms with Crippen LogP contribution in [0.25, 0.3) is 11.1 Å². The SMILES string of the molecule is COc1cccc2c1-c1ccc(CS(N)(=O)=O)cc1C(c1ccccn1)O2. The lowest BCUT2D eigenvalue weighted by atomic mass is 9.89. The van der Waals surface area contributed by atoms with Gasteiger partial charge in [-0.15, -0.1) is 0 Å². The summed E-state index contributed by atoms with van der Waals surface area (Å²) in [4.78, 5) is 4.42. The van der Waals surface area contributed by atoms with E-state index in [0.29, 0.717) is 17.1 Å². The predicted molar refractivity (Wildman–Crippen MR) is 102 cm³/mol. The molecular formula is C20H18N2O4S. The van der Waals surface area contributed by atoms with Crippen LogP contribution in [0.5, 0.6) is 11.5 Å². The van der Waals surface area contributed by atoms with E-state index in [1.54, 1.807) is 19.4 Å². The van der Waals surface area contributed by atoms with Crippen molar-refractivity contribution >= 4 is 10.0 Å². The molecule has 2 N–H and O–H groups in total. The van der Waals surface area contributed by atoms with E-state index in [-0.39, 0.29) is 5.75 Å². The van der Waals surface area contributed by atoms with Crippen LogP contribution in [0.3, 0.4) is 0 Å². The molecule has 3 aromatic rings. The maximum Gasteiger partial charge on any atom is 0.213 e. The van der Waals surface area contributed by atoms with E-state index in [0.717, 1.165) is 22.4 Å². The van der Waals surface area contributed by atoms with Gasteiger partial charge in [-0.3, -0.25) is 4.98 Å². The maximum absolute atomic E-state index is 11.5. The minimum absolute atomic E-state index is 0.242. The molecule has 6 nitrogen and oxygen atoms in total. The van der Waals surface area contributed by atoms with Gasteiger partial charge in [0.2, 0.25) is 10.0 Å². The first kappa shape index (κ1) is 17.5. The number of primary sulfonamides is 1. The van der Waals surface area contributed by atoms with Crippen molar-refractivity contribution < 1.29 is 17.9 Å². The van der Waals surface area contributed by atoms with Crippen molar-refractivity contribution in [2.75, 3.05) is 7.11 Å². The van der Waals surface area contributed by atoms with Gasteiger partial charge in [0.25, 0.3) is 0 Å². The van der Waals surface area contributed by atoms with Crippen molar-refractivity contribution in [3.63, 3.8) is 0 Å². The normalized spacial score (nSPS) is 15.4. The quantitative estimate of drug-likeness (QED) is 0.749. The largest absolute Gasteiger partial charge is 0.496 e. The fourth-order valence-electron chi connectivity index (χ4n) is 3.36. The van der Waals surface area contributed by atoms with Crippen molar-refractivity contribution in [1.29, 1.82) is 0 Å². The standard InChI is InChI=1S/C20H18N2O4S/c1-25-17-6-4-7-18-19(17)14-9-8-13(12-27(21,23)24)11-15(14)20(26-18)16-5-2-3-10-22-16/h2-11,20H,12H2,1H3,(H2,21,23,24). The molecule has 4 rings (SSSR count). The Morgan fingerprint density at radius 2 is 2.00 bits per heavy atom. The van der Waals surface area contributed by atoms with Crippen LogP contribution in [0.2, 0.25) is 0 Å². The first-order valence-corrected chi connectivity index (χ1v) is 10.1. The molecule has 0 radical (unpaired) electrons. The van der Waals surface area contributed by atoms with Gasteiger partial charge >= 0.3 is 0 Å². The zero-order valence-corrected chi connectivity index (χ0v) is 15.4. The lowest BCUT2D eigenvalue weighted by Gasteiger charge is -2.30. The number of fused-ring (bicyclic) bond motifs is 3. The third kappa shape index (κ3) is 3.39. The summed E-state index contributed by atoms with van der Waals surface area (Å²) in [5.74, 6) is 1.14. The van der Waals surface area contributed by atoms with E-state index < -0.39 is 16.1 Å². The Balaban J connectivity index is 1.93. The molecule has 0 fully saturated rings. The number of methoxy groups -OCH3 is 1. The Morgan fingerprint density at radius 1 is 1.15 bits per heavy atom. The van der Waals surface area contributed by atoms with Crippen LogP contribution in [0, 0.1) is 0 Å². The second-order valence-corrected chi connectivity index (χ2v) is 7.93. The molecule has 0 bridgehead atoms. The molecule has 1 atom stereocenters. The fourth-order valence-corrected chi connectivity index (χ4v) is 4.01. The Hall–Kier alpha value is -2.90. The predicted octanol–water partition coefficient (Wildman–Crippen LogP) is 3.03. The molecule has 1 unspecified atom stereocenters. The number of rotatable bonds is 4. The highest BCUT2D eigenvalue weighted by Crippen LogP contribution is 2.48. The van der Waals surface area contributed by atoms with Crippen molar-refractivity contribution in [1.82, 2.24) is 4.98 Å². The van der Waals surface area contributed by atoms with E-state index in [1.807, 2.05) is 48.5 Å². The minimum Gasteiger partial charge on any atom is -0.496 e. The molecule has 0 aliphatic carbocycles. The second-order valence-electron chi connectivity index (χ2n) is 6.31. The smallest absolute Gasteiger partial charge is 0.213 e. The van der Waals surface area contributed by atoms with E-state index in [4.69, 9.17) is 14.6 Å². The number of benzene rings is 2. The van der Waals surface area contributed by atoms with Crippen LogP contribution >= 0.6 is 0 Å². The lowest BCUT2D eigenvalue weighted by Crippen LogP contribution is -2.18. The molecule has 138 valence electrons. The van der Waals surface area contributed by atoms with Gasteiger partial charge in [-0.1, -0.05) is 24.3 Å². The molecule has 2 aromatic carbocycles. The third-order valence-electron chi connectivity index (χ3n) is 4.44. The molecule has 1 aromatic heterocycles. The summed E-state index contributed by atoms with van der Waals surface area (Å²) < 4.78 is 34.8. The average Bonchev–Trinajstić information content (AvgIpc) is 2.66. The van der Waals surface area contributed by atoms with Crippen molar-refractivity contribution in [3.05, 3.63) is 77.6 Å². The minimum atomic E-state index is -3.64. The second kappa shape index (κ2) is 6.68. The van der Waals surface area contributed by atoms with Gasteiger partial charge in [-0.05, 0) is 41.5 Å². The summed E-state index contributed by atoms with van der Waals surface area (Å²) in [6, 6.07) is 16.7. The fraction of sp³-hybridized carbons (Fsp3) is 0.150. The zero-order chi connectivity index (χ0) is 19.0. The van der Waals surface area contributed by atoms with Crippen molar-refractivity contribution in [2.45, 2.75) is 11.9 Å². The Kier molecular flexibility index (Phi) is 4.33. The summed E-state index contributed by atoms with van der Waals surface area (Å²) in [5, 5.41) is 5.22. The van der Waals surface area contributed by atoms with Crippen molar-refractivity contribution in [3.8, 4) is 22.6 Å². The van der Waals surface area contributed by atoms with Gasteiger partial charge in [0.1, 0.15) is 11.5 Å². The highest BCUT2D eigenvalue weighted by molar-refractivity contribution is 7.88. The molecule has 0 saturated heterocycles. The number of hydrogen-bond acceptors (Lipinski definition) is 5. The molecule has 7 heteroatoms. The highest BCUT2D eigenvalue weighted by Gasteiger charge is 2.30. The average molecular weight is 382 g/mol. The summed E-state index contributed by atoms with van der Waals surface area (Å²) in [5.41, 5.74) is 3.91. The number of nitrogens with zero attached hydrogens (tertiary/aromatic N) is 1. The monoisotopic (exact) mass is 382 g/mol. The summed E-state index contributed by atoms with van der Waals surface area (Å²) >= 11 is 0. The summed E-state index contributed by atoms with van der Waals surface area (Å²) in [7, 11) is -2.03. The highest BCUT2D eigenvalue weighted by atomic mass is 32.2. The number of ether oxygens (including phenoxy) is 2. The molecule has 0 amide bonds. The van der Waals surface area contributed by atoms with Crippen LogP contribution in [-0.4, -0.2) is 20.5 Å². The van der Waals surface area contributed by atoms with E-state index in [2.05, 4.69) is 4.98 Å². The van der Waals surface area contributed by atoms with Crippen LogP contribution in [0.4, 0.5) is 0 Å². The number of aromatic nitrogens is 1. The number of nitrogens with two attached hydrogens (primary N) is 1. The molecule has 1 aliphatic heterocycles. The van der Waals surface area contributed by atoms with Gasteiger partial charge < -0.3 is 9.47 Å². The third-order valence-corrected chi connectivity index (χ3v) is 5.18. The summed E-state index contributed by atoms with van der Waals surface area (Å²) in [6.45, 7) is 0.